The van der Waals surface area contributed by atoms with Gasteiger partial charge in [-0.3, -0.25) is 4.79 Å². The third-order valence-corrected chi connectivity index (χ3v) is 4.17. The van der Waals surface area contributed by atoms with Crippen molar-refractivity contribution < 1.29 is 14.3 Å². The molecule has 9 heteroatoms. The lowest BCUT2D eigenvalue weighted by molar-refractivity contribution is 0.0995. The third-order valence-electron chi connectivity index (χ3n) is 4.17. The zero-order valence-electron chi connectivity index (χ0n) is 14.2. The molecule has 1 amide bonds. The summed E-state index contributed by atoms with van der Waals surface area (Å²) in [4.78, 5) is 30.3. The van der Waals surface area contributed by atoms with Crippen LogP contribution in [0.25, 0.3) is 0 Å². The van der Waals surface area contributed by atoms with Gasteiger partial charge in [0, 0.05) is 24.7 Å². The van der Waals surface area contributed by atoms with Crippen molar-refractivity contribution in [2.75, 3.05) is 32.2 Å². The highest BCUT2D eigenvalue weighted by atomic mass is 16.5. The summed E-state index contributed by atoms with van der Waals surface area (Å²) in [5.74, 6) is 0.283. The zero-order chi connectivity index (χ0) is 17.8. The fourth-order valence-electron chi connectivity index (χ4n) is 2.84. The van der Waals surface area contributed by atoms with Crippen LogP contribution in [0.1, 0.15) is 34.9 Å². The molecule has 0 bridgehead atoms. The maximum atomic E-state index is 11.3. The molecule has 1 fully saturated rings. The number of amides is 1. The molecule has 1 saturated heterocycles. The first-order valence-corrected chi connectivity index (χ1v) is 7.96. The van der Waals surface area contributed by atoms with E-state index in [4.69, 9.17) is 15.2 Å². The molecule has 9 nitrogen and oxygen atoms in total. The van der Waals surface area contributed by atoms with E-state index < -0.39 is 5.91 Å². The Kier molecular flexibility index (Phi) is 4.92. The minimum Gasteiger partial charge on any atom is -0.467 e. The minimum atomic E-state index is -0.510. The maximum Gasteiger partial charge on any atom is 0.324 e. The number of primary amides is 1. The van der Waals surface area contributed by atoms with Crippen LogP contribution in [0.15, 0.2) is 18.2 Å². The number of pyridine rings is 1. The first kappa shape index (κ1) is 16.9. The number of anilines is 1. The topological polar surface area (TPSA) is 116 Å². The van der Waals surface area contributed by atoms with Crippen molar-refractivity contribution in [2.24, 2.45) is 5.73 Å². The number of methoxy groups -OCH3 is 2. The van der Waals surface area contributed by atoms with Crippen LogP contribution < -0.4 is 20.1 Å². The van der Waals surface area contributed by atoms with Crippen molar-refractivity contribution in [3.05, 3.63) is 29.6 Å². The number of piperidine rings is 1. The van der Waals surface area contributed by atoms with Gasteiger partial charge in [0.2, 0.25) is 5.95 Å². The standard InChI is InChI=1S/C16H20N6O3/c1-24-15-19-14(20-16(21-15)25-2)22-8-6-10(7-9-22)11-4-3-5-12(18-11)13(17)23/h3-5,10H,6-9H2,1-2H3,(H2,17,23). The Morgan fingerprint density at radius 1 is 1.08 bits per heavy atom. The summed E-state index contributed by atoms with van der Waals surface area (Å²) in [5.41, 5.74) is 6.50. The molecular formula is C16H20N6O3. The molecule has 1 aliphatic rings. The highest BCUT2D eigenvalue weighted by molar-refractivity contribution is 5.90. The molecule has 3 heterocycles. The number of ether oxygens (including phenoxy) is 2. The molecule has 1 aliphatic heterocycles. The predicted molar refractivity (Wildman–Crippen MR) is 89.9 cm³/mol. The van der Waals surface area contributed by atoms with E-state index in [1.54, 1.807) is 6.07 Å². The van der Waals surface area contributed by atoms with Gasteiger partial charge in [0.25, 0.3) is 5.91 Å². The highest BCUT2D eigenvalue weighted by Gasteiger charge is 2.24. The summed E-state index contributed by atoms with van der Waals surface area (Å²) < 4.78 is 10.2. The van der Waals surface area contributed by atoms with Crippen LogP contribution in [0.4, 0.5) is 5.95 Å². The highest BCUT2D eigenvalue weighted by Crippen LogP contribution is 2.29. The monoisotopic (exact) mass is 344 g/mol. The van der Waals surface area contributed by atoms with Crippen LogP contribution in [0, 0.1) is 0 Å². The molecule has 3 rings (SSSR count). The van der Waals surface area contributed by atoms with Crippen molar-refractivity contribution in [1.29, 1.82) is 0 Å². The summed E-state index contributed by atoms with van der Waals surface area (Å²) in [6.07, 6.45) is 1.73. The number of nitrogens with zero attached hydrogens (tertiary/aromatic N) is 5. The average molecular weight is 344 g/mol. The van der Waals surface area contributed by atoms with E-state index in [0.717, 1.165) is 31.6 Å². The Morgan fingerprint density at radius 3 is 2.28 bits per heavy atom. The Morgan fingerprint density at radius 2 is 1.72 bits per heavy atom. The Bertz CT molecular complexity index is 739. The van der Waals surface area contributed by atoms with E-state index in [1.165, 1.54) is 14.2 Å². The molecule has 2 aromatic heterocycles. The number of aromatic nitrogens is 4. The Hall–Kier alpha value is -2.97. The van der Waals surface area contributed by atoms with Crippen LogP contribution in [0.2, 0.25) is 0 Å². The van der Waals surface area contributed by atoms with Gasteiger partial charge in [-0.2, -0.15) is 9.97 Å². The second kappa shape index (κ2) is 7.29. The molecule has 0 atom stereocenters. The van der Waals surface area contributed by atoms with Gasteiger partial charge >= 0.3 is 12.0 Å². The Labute approximate surface area is 145 Å². The number of hydrogen-bond acceptors (Lipinski definition) is 8. The van der Waals surface area contributed by atoms with Gasteiger partial charge in [0.1, 0.15) is 5.69 Å². The van der Waals surface area contributed by atoms with Crippen molar-refractivity contribution in [1.82, 2.24) is 19.9 Å². The normalized spacial score (nSPS) is 15.0. The second-order valence-corrected chi connectivity index (χ2v) is 5.68. The molecule has 132 valence electrons. The number of nitrogens with two attached hydrogens (primary N) is 1. The van der Waals surface area contributed by atoms with Crippen molar-refractivity contribution in [3.8, 4) is 12.0 Å². The lowest BCUT2D eigenvalue weighted by Crippen LogP contribution is -2.34. The molecule has 0 aromatic carbocycles. The number of carbonyl (C=O) groups is 1. The molecule has 0 radical (unpaired) electrons. The largest absolute Gasteiger partial charge is 0.467 e. The van der Waals surface area contributed by atoms with Gasteiger partial charge in [-0.1, -0.05) is 6.07 Å². The van der Waals surface area contributed by atoms with Crippen LogP contribution in [-0.2, 0) is 0 Å². The molecule has 2 aromatic rings. The number of carbonyl (C=O) groups excluding carboxylic acids is 1. The maximum absolute atomic E-state index is 11.3. The fraction of sp³-hybridized carbons (Fsp3) is 0.438. The van der Waals surface area contributed by atoms with Gasteiger partial charge in [0.15, 0.2) is 0 Å². The lowest BCUT2D eigenvalue weighted by Gasteiger charge is -2.31. The Balaban J connectivity index is 1.72. The zero-order valence-corrected chi connectivity index (χ0v) is 14.2. The molecule has 0 unspecified atom stereocenters. The number of rotatable bonds is 5. The van der Waals surface area contributed by atoms with Crippen LogP contribution in [0.5, 0.6) is 12.0 Å². The molecule has 0 aliphatic carbocycles. The lowest BCUT2D eigenvalue weighted by atomic mass is 9.93. The minimum absolute atomic E-state index is 0.222. The summed E-state index contributed by atoms with van der Waals surface area (Å²) >= 11 is 0. The second-order valence-electron chi connectivity index (χ2n) is 5.68. The summed E-state index contributed by atoms with van der Waals surface area (Å²) in [7, 11) is 3.00. The average Bonchev–Trinajstić information content (AvgIpc) is 2.67. The molecular weight excluding hydrogens is 324 g/mol. The van der Waals surface area contributed by atoms with E-state index in [2.05, 4.69) is 24.8 Å². The van der Waals surface area contributed by atoms with E-state index in [1.807, 2.05) is 12.1 Å². The van der Waals surface area contributed by atoms with E-state index in [9.17, 15) is 4.79 Å². The summed E-state index contributed by atoms with van der Waals surface area (Å²) in [5, 5.41) is 0. The van der Waals surface area contributed by atoms with E-state index >= 15 is 0 Å². The van der Waals surface area contributed by atoms with Gasteiger partial charge in [-0.15, -0.1) is 4.98 Å². The van der Waals surface area contributed by atoms with Crippen molar-refractivity contribution in [3.63, 3.8) is 0 Å². The molecule has 0 spiro atoms. The van der Waals surface area contributed by atoms with Gasteiger partial charge in [0.05, 0.1) is 14.2 Å². The van der Waals surface area contributed by atoms with Gasteiger partial charge in [-0.05, 0) is 25.0 Å². The van der Waals surface area contributed by atoms with Crippen LogP contribution in [-0.4, -0.2) is 53.2 Å². The van der Waals surface area contributed by atoms with Crippen molar-refractivity contribution >= 4 is 11.9 Å². The van der Waals surface area contributed by atoms with Crippen LogP contribution in [0.3, 0.4) is 0 Å². The third kappa shape index (κ3) is 3.76. The van der Waals surface area contributed by atoms with Crippen LogP contribution >= 0.6 is 0 Å². The molecule has 25 heavy (non-hydrogen) atoms. The van der Waals surface area contributed by atoms with Crippen molar-refractivity contribution in [2.45, 2.75) is 18.8 Å². The number of hydrogen-bond donors (Lipinski definition) is 1. The summed E-state index contributed by atoms with van der Waals surface area (Å²) in [6, 6.07) is 5.82. The SMILES string of the molecule is COc1nc(OC)nc(N2CCC(c3cccc(C(N)=O)n3)CC2)n1. The summed E-state index contributed by atoms with van der Waals surface area (Å²) in [6.45, 7) is 1.51. The molecule has 2 N–H and O–H groups in total. The quantitative estimate of drug-likeness (QED) is 0.845. The van der Waals surface area contributed by atoms with E-state index in [0.29, 0.717) is 11.6 Å². The van der Waals surface area contributed by atoms with Gasteiger partial charge in [-0.25, -0.2) is 4.98 Å². The van der Waals surface area contributed by atoms with Gasteiger partial charge < -0.3 is 20.1 Å². The predicted octanol–water partition coefficient (Wildman–Crippen LogP) is 0.767. The fourth-order valence-corrected chi connectivity index (χ4v) is 2.84. The smallest absolute Gasteiger partial charge is 0.324 e. The van der Waals surface area contributed by atoms with E-state index in [-0.39, 0.29) is 17.9 Å². The first-order chi connectivity index (χ1) is 12.1. The first-order valence-electron chi connectivity index (χ1n) is 7.96. The molecule has 0 saturated carbocycles.